The Kier molecular flexibility index (Phi) is 9.58. The first-order valence-corrected chi connectivity index (χ1v) is 18.7. The number of carbonyl (C=O) groups excluding carboxylic acids is 4. The Morgan fingerprint density at radius 2 is 1.34 bits per heavy atom. The molecule has 0 radical (unpaired) electrons. The largest absolute Gasteiger partial charge is 0.508 e. The molecule has 1 N–H and O–H groups in total. The highest BCUT2D eigenvalue weighted by atomic mass is 35.5. The van der Waals surface area contributed by atoms with Gasteiger partial charge in [-0.25, -0.2) is 26.9 Å². The van der Waals surface area contributed by atoms with Crippen molar-refractivity contribution in [3.63, 3.8) is 0 Å². The Morgan fingerprint density at radius 1 is 0.763 bits per heavy atom. The molecule has 11 nitrogen and oxygen atoms in total. The molecule has 8 rings (SSSR count). The molecule has 3 fully saturated rings. The van der Waals surface area contributed by atoms with Crippen LogP contribution in [0.5, 0.6) is 11.5 Å². The molecule has 2 saturated heterocycles. The first kappa shape index (κ1) is 39.9. The molecule has 4 aromatic carbocycles. The molecule has 4 aromatic rings. The van der Waals surface area contributed by atoms with Crippen LogP contribution in [0, 0.1) is 46.8 Å². The summed E-state index contributed by atoms with van der Waals surface area (Å²) < 4.78 is 79.4. The van der Waals surface area contributed by atoms with Crippen LogP contribution < -0.4 is 19.4 Å². The SMILES string of the molecule is COc1cc(O)ccc1[C@H]1C2=CC[C@@H]3C(=O)N(c4ccc(N=Nc5ccc(N(C)C)cc5)cc4)C(=O)[C@@H]3[C@@H]2C[C@@]2(Cl)C(=O)N(c3c(F)c(F)c(F)c(F)c3F)C(=O)[C@@]12Cl. The number of rotatable bonds is 7. The fourth-order valence-corrected chi connectivity index (χ4v) is 9.63. The molecular formula is C41H30Cl2F5N5O6. The summed E-state index contributed by atoms with van der Waals surface area (Å²) in [5.41, 5.74) is 0.511. The van der Waals surface area contributed by atoms with Crippen molar-refractivity contribution in [3.05, 3.63) is 113 Å². The number of anilines is 3. The lowest BCUT2D eigenvalue weighted by atomic mass is 9.56. The van der Waals surface area contributed by atoms with Crippen molar-refractivity contribution < 1.29 is 51.0 Å². The lowest BCUT2D eigenvalue weighted by Crippen LogP contribution is -2.60. The number of fused-ring (bicyclic) bond motifs is 4. The van der Waals surface area contributed by atoms with Gasteiger partial charge < -0.3 is 14.7 Å². The number of hydrogen-bond donors (Lipinski definition) is 1. The third-order valence-corrected chi connectivity index (χ3v) is 12.9. The summed E-state index contributed by atoms with van der Waals surface area (Å²) >= 11 is 14.4. The number of hydrogen-bond acceptors (Lipinski definition) is 9. The number of azo groups is 1. The summed E-state index contributed by atoms with van der Waals surface area (Å²) in [6.07, 6.45) is 0.810. The van der Waals surface area contributed by atoms with E-state index in [-0.39, 0.29) is 39.6 Å². The molecule has 0 unspecified atom stereocenters. The van der Waals surface area contributed by atoms with E-state index in [2.05, 4.69) is 10.2 Å². The third-order valence-electron chi connectivity index (χ3n) is 11.5. The first-order valence-electron chi connectivity index (χ1n) is 18.0. The van der Waals surface area contributed by atoms with Crippen LogP contribution in [0.3, 0.4) is 0 Å². The van der Waals surface area contributed by atoms with Gasteiger partial charge in [-0.2, -0.15) is 10.2 Å². The lowest BCUT2D eigenvalue weighted by molar-refractivity contribution is -0.125. The minimum Gasteiger partial charge on any atom is -0.508 e. The van der Waals surface area contributed by atoms with Gasteiger partial charge in [-0.3, -0.25) is 24.1 Å². The number of phenolic OH excluding ortho intramolecular Hbond substituents is 1. The van der Waals surface area contributed by atoms with Gasteiger partial charge in [0.2, 0.25) is 17.6 Å². The van der Waals surface area contributed by atoms with Crippen LogP contribution in [0.1, 0.15) is 24.3 Å². The van der Waals surface area contributed by atoms with Crippen molar-refractivity contribution in [1.29, 1.82) is 0 Å². The molecule has 2 heterocycles. The molecule has 59 heavy (non-hydrogen) atoms. The van der Waals surface area contributed by atoms with Gasteiger partial charge in [0.15, 0.2) is 33.0 Å². The number of methoxy groups -OCH3 is 1. The highest BCUT2D eigenvalue weighted by Crippen LogP contribution is 2.67. The Labute approximate surface area is 342 Å². The first-order chi connectivity index (χ1) is 28.0. The number of alkyl halides is 2. The smallest absolute Gasteiger partial charge is 0.258 e. The highest BCUT2D eigenvalue weighted by molar-refractivity contribution is 6.58. The molecule has 0 aromatic heterocycles. The summed E-state index contributed by atoms with van der Waals surface area (Å²) in [6.45, 7) is 0. The molecule has 6 atom stereocenters. The Balaban J connectivity index is 1.19. The van der Waals surface area contributed by atoms with Crippen LogP contribution in [0.25, 0.3) is 0 Å². The van der Waals surface area contributed by atoms with E-state index in [0.29, 0.717) is 11.4 Å². The molecule has 18 heteroatoms. The number of halogens is 7. The second-order valence-electron chi connectivity index (χ2n) is 14.8. The summed E-state index contributed by atoms with van der Waals surface area (Å²) in [7, 11) is 5.03. The van der Waals surface area contributed by atoms with Gasteiger partial charge in [-0.15, -0.1) is 23.2 Å². The zero-order valence-electron chi connectivity index (χ0n) is 31.0. The van der Waals surface area contributed by atoms with Crippen molar-refractivity contribution in [2.75, 3.05) is 35.9 Å². The van der Waals surface area contributed by atoms with Gasteiger partial charge in [0, 0.05) is 37.3 Å². The summed E-state index contributed by atoms with van der Waals surface area (Å²) in [5.74, 6) is -22.3. The quantitative estimate of drug-likeness (QED) is 0.0376. The minimum atomic E-state index is -2.75. The van der Waals surface area contributed by atoms with Crippen LogP contribution in [-0.4, -0.2) is 59.7 Å². The summed E-state index contributed by atoms with van der Waals surface area (Å²) in [5, 5.41) is 18.8. The summed E-state index contributed by atoms with van der Waals surface area (Å²) in [6, 6.07) is 17.1. The molecule has 4 amide bonds. The van der Waals surface area contributed by atoms with E-state index in [4.69, 9.17) is 27.9 Å². The number of ether oxygens (including phenoxy) is 1. The Morgan fingerprint density at radius 3 is 1.92 bits per heavy atom. The van der Waals surface area contributed by atoms with E-state index in [1.54, 1.807) is 30.3 Å². The number of aromatic hydroxyl groups is 1. The summed E-state index contributed by atoms with van der Waals surface area (Å²) in [4.78, 5) is 54.8. The van der Waals surface area contributed by atoms with E-state index >= 15 is 8.78 Å². The topological polar surface area (TPSA) is 132 Å². The van der Waals surface area contributed by atoms with Crippen molar-refractivity contribution >= 4 is 75.3 Å². The normalized spacial score (nSPS) is 26.3. The minimum absolute atomic E-state index is 0.0205. The van der Waals surface area contributed by atoms with Crippen molar-refractivity contribution in [2.45, 2.75) is 28.5 Å². The van der Waals surface area contributed by atoms with Gasteiger partial charge in [0.25, 0.3) is 11.8 Å². The molecule has 1 saturated carbocycles. The number of carbonyl (C=O) groups is 4. The van der Waals surface area contributed by atoms with E-state index in [0.717, 1.165) is 16.7 Å². The zero-order valence-corrected chi connectivity index (χ0v) is 32.5. The fraction of sp³-hybridized carbons (Fsp3) is 0.268. The van der Waals surface area contributed by atoms with Crippen molar-refractivity contribution in [2.24, 2.45) is 28.0 Å². The van der Waals surface area contributed by atoms with Gasteiger partial charge >= 0.3 is 0 Å². The third kappa shape index (κ3) is 5.74. The van der Waals surface area contributed by atoms with Crippen LogP contribution in [-0.2, 0) is 19.2 Å². The number of imide groups is 2. The van der Waals surface area contributed by atoms with Gasteiger partial charge in [0.05, 0.1) is 36.0 Å². The highest BCUT2D eigenvalue weighted by Gasteiger charge is 2.77. The van der Waals surface area contributed by atoms with Gasteiger partial charge in [-0.05, 0) is 73.4 Å². The van der Waals surface area contributed by atoms with Crippen molar-refractivity contribution in [1.82, 2.24) is 0 Å². The maximum Gasteiger partial charge on any atom is 0.258 e. The molecule has 4 aliphatic rings. The number of phenols is 1. The van der Waals surface area contributed by atoms with Gasteiger partial charge in [0.1, 0.15) is 17.2 Å². The second-order valence-corrected chi connectivity index (χ2v) is 16.0. The van der Waals surface area contributed by atoms with Crippen molar-refractivity contribution in [3.8, 4) is 11.5 Å². The average molecular weight is 855 g/mol. The number of amides is 4. The average Bonchev–Trinajstić information content (AvgIpc) is 3.56. The molecule has 2 aliphatic carbocycles. The Hall–Kier alpha value is -5.87. The second kappa shape index (κ2) is 14.2. The monoisotopic (exact) mass is 853 g/mol. The van der Waals surface area contributed by atoms with Crippen LogP contribution in [0.2, 0.25) is 0 Å². The molecular weight excluding hydrogens is 824 g/mol. The predicted octanol–water partition coefficient (Wildman–Crippen LogP) is 8.35. The molecule has 0 bridgehead atoms. The van der Waals surface area contributed by atoms with E-state index in [9.17, 15) is 37.5 Å². The number of benzene rings is 4. The standard InChI is InChI=1S/C41H30Cl2F5N5O6/c1-51(2)20-8-4-18(5-9-20)49-50-19-6-10-21(11-7-19)52-36(55)25-15-14-23-26(28(25)37(52)56)17-40(42)38(57)53(35-33(47)31(45)30(44)32(46)34(35)48)39(58)41(40,43)29(23)24-13-12-22(54)16-27(24)59-3/h4-14,16,25-26,28-29,54H,15,17H2,1-3H3/t25-,26+,28-,29+,40+,41-/m0/s1. The van der Waals surface area contributed by atoms with Crippen LogP contribution >= 0.6 is 23.2 Å². The molecule has 304 valence electrons. The molecule has 0 spiro atoms. The predicted molar refractivity (Wildman–Crippen MR) is 205 cm³/mol. The van der Waals surface area contributed by atoms with Crippen LogP contribution in [0.4, 0.5) is 50.4 Å². The Bertz CT molecular complexity index is 2530. The fourth-order valence-electron chi connectivity index (χ4n) is 8.71. The zero-order chi connectivity index (χ0) is 42.5. The van der Waals surface area contributed by atoms with Gasteiger partial charge in [-0.1, -0.05) is 17.7 Å². The maximum absolute atomic E-state index is 15.4. The lowest BCUT2D eigenvalue weighted by Gasteiger charge is -2.50. The van der Waals surface area contributed by atoms with Crippen LogP contribution in [0.15, 0.2) is 88.6 Å². The number of nitrogens with zero attached hydrogens (tertiary/aromatic N) is 5. The van der Waals surface area contributed by atoms with E-state index < -0.39 is 98.2 Å². The van der Waals surface area contributed by atoms with E-state index in [1.807, 2.05) is 31.1 Å². The maximum atomic E-state index is 15.4. The van der Waals surface area contributed by atoms with E-state index in [1.165, 1.54) is 31.4 Å². The number of allylic oxidation sites excluding steroid dienone is 2. The molecule has 2 aliphatic heterocycles.